The van der Waals surface area contributed by atoms with Crippen LogP contribution < -0.4 is 10.2 Å². The molecule has 0 aliphatic carbocycles. The molecule has 0 saturated heterocycles. The lowest BCUT2D eigenvalue weighted by atomic mass is 9.90. The maximum Gasteiger partial charge on any atom is 0.309 e. The number of hydrogen-bond donors (Lipinski definition) is 2. The molecule has 5 nitrogen and oxygen atoms in total. The highest BCUT2D eigenvalue weighted by Crippen LogP contribution is 2.22. The van der Waals surface area contributed by atoms with Gasteiger partial charge in [0.05, 0.1) is 5.41 Å². The molecule has 0 aliphatic rings. The molecule has 0 atom stereocenters. The standard InChI is InChI=1S/C14H25N3O2S/c1-5-17(6-2)13-16-10-11(20-13)9-15-8-7-14(3,4)12(18)19/h10,15H,5-9H2,1-4H3,(H,18,19). The Morgan fingerprint density at radius 2 is 2.10 bits per heavy atom. The summed E-state index contributed by atoms with van der Waals surface area (Å²) in [6, 6.07) is 0. The van der Waals surface area contributed by atoms with Crippen LogP contribution in [0.1, 0.15) is 39.0 Å². The zero-order valence-electron chi connectivity index (χ0n) is 12.8. The minimum Gasteiger partial charge on any atom is -0.481 e. The Morgan fingerprint density at radius 3 is 2.65 bits per heavy atom. The molecule has 0 aromatic carbocycles. The Morgan fingerprint density at radius 1 is 1.45 bits per heavy atom. The molecule has 0 unspecified atom stereocenters. The van der Waals surface area contributed by atoms with E-state index in [1.165, 1.54) is 4.88 Å². The monoisotopic (exact) mass is 299 g/mol. The van der Waals surface area contributed by atoms with Crippen molar-refractivity contribution in [1.82, 2.24) is 10.3 Å². The number of carboxylic acids is 1. The molecule has 20 heavy (non-hydrogen) atoms. The van der Waals surface area contributed by atoms with Crippen molar-refractivity contribution in [2.45, 2.75) is 40.7 Å². The van der Waals surface area contributed by atoms with E-state index in [0.717, 1.165) is 24.8 Å². The van der Waals surface area contributed by atoms with Crippen LogP contribution in [0.5, 0.6) is 0 Å². The van der Waals surface area contributed by atoms with Gasteiger partial charge in [-0.3, -0.25) is 4.79 Å². The van der Waals surface area contributed by atoms with Crippen molar-refractivity contribution in [2.24, 2.45) is 5.41 Å². The summed E-state index contributed by atoms with van der Waals surface area (Å²) in [4.78, 5) is 18.8. The molecule has 0 fully saturated rings. The molecule has 0 amide bonds. The van der Waals surface area contributed by atoms with E-state index in [-0.39, 0.29) is 0 Å². The predicted molar refractivity (Wildman–Crippen MR) is 83.4 cm³/mol. The molecule has 1 heterocycles. The second kappa shape index (κ2) is 7.59. The topological polar surface area (TPSA) is 65.5 Å². The third-order valence-electron chi connectivity index (χ3n) is 3.38. The van der Waals surface area contributed by atoms with Crippen molar-refractivity contribution < 1.29 is 9.90 Å². The van der Waals surface area contributed by atoms with Crippen molar-refractivity contribution in [3.8, 4) is 0 Å². The Bertz CT molecular complexity index is 428. The van der Waals surface area contributed by atoms with E-state index in [2.05, 4.69) is 29.0 Å². The van der Waals surface area contributed by atoms with Gasteiger partial charge in [0.15, 0.2) is 5.13 Å². The summed E-state index contributed by atoms with van der Waals surface area (Å²) in [5.41, 5.74) is -0.674. The third kappa shape index (κ3) is 4.76. The number of aromatic nitrogens is 1. The lowest BCUT2D eigenvalue weighted by molar-refractivity contribution is -0.147. The van der Waals surface area contributed by atoms with Gasteiger partial charge in [-0.2, -0.15) is 0 Å². The molecular formula is C14H25N3O2S. The average molecular weight is 299 g/mol. The summed E-state index contributed by atoms with van der Waals surface area (Å²) in [5, 5.41) is 13.4. The van der Waals surface area contributed by atoms with Gasteiger partial charge in [-0.15, -0.1) is 11.3 Å². The quantitative estimate of drug-likeness (QED) is 0.686. The highest BCUT2D eigenvalue weighted by molar-refractivity contribution is 7.15. The van der Waals surface area contributed by atoms with Crippen LogP contribution in [-0.2, 0) is 11.3 Å². The maximum absolute atomic E-state index is 11.0. The minimum atomic E-state index is -0.749. The smallest absolute Gasteiger partial charge is 0.309 e. The van der Waals surface area contributed by atoms with Crippen molar-refractivity contribution in [2.75, 3.05) is 24.5 Å². The lowest BCUT2D eigenvalue weighted by Gasteiger charge is -2.18. The van der Waals surface area contributed by atoms with E-state index in [1.807, 2.05) is 6.20 Å². The van der Waals surface area contributed by atoms with Crippen molar-refractivity contribution in [3.63, 3.8) is 0 Å². The Hall–Kier alpha value is -1.14. The molecule has 1 aromatic rings. The van der Waals surface area contributed by atoms with Gasteiger partial charge in [-0.05, 0) is 40.7 Å². The fourth-order valence-corrected chi connectivity index (χ4v) is 2.75. The van der Waals surface area contributed by atoms with Crippen LogP contribution in [0.4, 0.5) is 5.13 Å². The maximum atomic E-state index is 11.0. The molecule has 0 saturated carbocycles. The summed E-state index contributed by atoms with van der Waals surface area (Å²) in [6.45, 7) is 11.1. The molecule has 0 bridgehead atoms. The predicted octanol–water partition coefficient (Wildman–Crippen LogP) is 2.58. The third-order valence-corrected chi connectivity index (χ3v) is 4.44. The molecule has 0 aliphatic heterocycles. The first-order valence-electron chi connectivity index (χ1n) is 7.04. The SMILES string of the molecule is CCN(CC)c1ncc(CNCCC(C)(C)C(=O)O)s1. The summed E-state index contributed by atoms with van der Waals surface area (Å²) in [7, 11) is 0. The normalized spacial score (nSPS) is 11.6. The Balaban J connectivity index is 2.38. The van der Waals surface area contributed by atoms with E-state index < -0.39 is 11.4 Å². The molecule has 114 valence electrons. The van der Waals surface area contributed by atoms with E-state index in [4.69, 9.17) is 5.11 Å². The van der Waals surface area contributed by atoms with Crippen LogP contribution in [0, 0.1) is 5.41 Å². The highest BCUT2D eigenvalue weighted by atomic mass is 32.1. The second-order valence-electron chi connectivity index (χ2n) is 5.40. The summed E-state index contributed by atoms with van der Waals surface area (Å²) < 4.78 is 0. The number of carboxylic acid groups (broad SMARTS) is 1. The van der Waals surface area contributed by atoms with E-state index in [0.29, 0.717) is 13.0 Å². The molecule has 1 rings (SSSR count). The van der Waals surface area contributed by atoms with E-state index >= 15 is 0 Å². The summed E-state index contributed by atoms with van der Waals surface area (Å²) in [5.74, 6) is -0.749. The first-order chi connectivity index (χ1) is 9.40. The van der Waals surface area contributed by atoms with Crippen LogP contribution in [0.25, 0.3) is 0 Å². The number of aliphatic carboxylic acids is 1. The van der Waals surface area contributed by atoms with Gasteiger partial charge >= 0.3 is 5.97 Å². The van der Waals surface area contributed by atoms with Crippen molar-refractivity contribution in [3.05, 3.63) is 11.1 Å². The number of thiazole rings is 1. The van der Waals surface area contributed by atoms with Gasteiger partial charge in [-0.1, -0.05) is 0 Å². The Labute approximate surface area is 125 Å². The summed E-state index contributed by atoms with van der Waals surface area (Å²) >= 11 is 1.69. The van der Waals surface area contributed by atoms with Gasteiger partial charge in [0.25, 0.3) is 0 Å². The first-order valence-corrected chi connectivity index (χ1v) is 7.86. The Kier molecular flexibility index (Phi) is 6.42. The molecule has 2 N–H and O–H groups in total. The zero-order chi connectivity index (χ0) is 15.2. The van der Waals surface area contributed by atoms with Crippen LogP contribution >= 0.6 is 11.3 Å². The average Bonchev–Trinajstić information content (AvgIpc) is 2.85. The minimum absolute atomic E-state index is 0.615. The lowest BCUT2D eigenvalue weighted by Crippen LogP contribution is -2.28. The molecular weight excluding hydrogens is 274 g/mol. The highest BCUT2D eigenvalue weighted by Gasteiger charge is 2.26. The molecule has 0 spiro atoms. The summed E-state index contributed by atoms with van der Waals surface area (Å²) in [6.07, 6.45) is 2.51. The molecule has 0 radical (unpaired) electrons. The second-order valence-corrected chi connectivity index (χ2v) is 6.49. The van der Waals surface area contributed by atoms with Gasteiger partial charge in [0.2, 0.25) is 0 Å². The zero-order valence-corrected chi connectivity index (χ0v) is 13.6. The first kappa shape index (κ1) is 16.9. The molecule has 6 heteroatoms. The fraction of sp³-hybridized carbons (Fsp3) is 0.714. The molecule has 1 aromatic heterocycles. The number of nitrogens with one attached hydrogen (secondary N) is 1. The fourth-order valence-electron chi connectivity index (χ4n) is 1.74. The number of nitrogens with zero attached hydrogens (tertiary/aromatic N) is 2. The van der Waals surface area contributed by atoms with Crippen LogP contribution in [-0.4, -0.2) is 35.7 Å². The van der Waals surface area contributed by atoms with Crippen LogP contribution in [0.15, 0.2) is 6.20 Å². The number of rotatable bonds is 9. The van der Waals surface area contributed by atoms with Crippen LogP contribution in [0.3, 0.4) is 0 Å². The van der Waals surface area contributed by atoms with E-state index in [1.54, 1.807) is 25.2 Å². The number of carbonyl (C=O) groups is 1. The van der Waals surface area contributed by atoms with E-state index in [9.17, 15) is 4.79 Å². The van der Waals surface area contributed by atoms with Gasteiger partial charge < -0.3 is 15.3 Å². The number of anilines is 1. The van der Waals surface area contributed by atoms with Gasteiger partial charge in [-0.25, -0.2) is 4.98 Å². The van der Waals surface area contributed by atoms with Gasteiger partial charge in [0.1, 0.15) is 0 Å². The van der Waals surface area contributed by atoms with Crippen molar-refractivity contribution in [1.29, 1.82) is 0 Å². The van der Waals surface area contributed by atoms with Crippen molar-refractivity contribution >= 4 is 22.4 Å². The largest absolute Gasteiger partial charge is 0.481 e. The van der Waals surface area contributed by atoms with Gasteiger partial charge in [0, 0.05) is 30.7 Å². The number of hydrogen-bond acceptors (Lipinski definition) is 5. The van der Waals surface area contributed by atoms with Crippen LogP contribution in [0.2, 0.25) is 0 Å².